The van der Waals surface area contributed by atoms with Gasteiger partial charge in [0.15, 0.2) is 0 Å². The summed E-state index contributed by atoms with van der Waals surface area (Å²) >= 11 is 0. The first-order chi connectivity index (χ1) is 4.72. The summed E-state index contributed by atoms with van der Waals surface area (Å²) in [5.74, 6) is 0. The Labute approximate surface area is 60.6 Å². The van der Waals surface area contributed by atoms with E-state index in [1.807, 2.05) is 13.8 Å². The Hall–Kier alpha value is -0.450. The second-order valence-corrected chi connectivity index (χ2v) is 1.41. The lowest BCUT2D eigenvalue weighted by Gasteiger charge is -2.08. The molecular formula is C6H15NO3. The molecule has 0 aromatic heterocycles. The van der Waals surface area contributed by atoms with Crippen molar-refractivity contribution in [3.05, 3.63) is 0 Å². The van der Waals surface area contributed by atoms with Crippen molar-refractivity contribution < 1.29 is 15.3 Å². The highest BCUT2D eigenvalue weighted by Crippen LogP contribution is 1.85. The van der Waals surface area contributed by atoms with E-state index in [9.17, 15) is 0 Å². The average Bonchev–Trinajstić information content (AvgIpc) is 2.05. The molecule has 0 aliphatic rings. The maximum absolute atomic E-state index is 8.48. The molecule has 4 nitrogen and oxygen atoms in total. The lowest BCUT2D eigenvalue weighted by atomic mass is 10.2. The number of aliphatic hydroxyl groups excluding tert-OH is 3. The number of hydrogen-bond donors (Lipinski definition) is 4. The van der Waals surface area contributed by atoms with Gasteiger partial charge in [-0.1, -0.05) is 13.8 Å². The molecule has 4 heteroatoms. The monoisotopic (exact) mass is 149 g/mol. The standard InChI is InChI=1S/C4H9NO3.C2H6/c5-1-3(7)4(8)2-6;1-2/h1,3-8H,2H2;1-2H3. The number of nitrogens with one attached hydrogen (secondary N) is 1. The van der Waals surface area contributed by atoms with Gasteiger partial charge in [0, 0.05) is 6.21 Å². The Kier molecular flexibility index (Phi) is 10.5. The molecule has 0 aromatic carbocycles. The molecular weight excluding hydrogens is 134 g/mol. The molecule has 4 N–H and O–H groups in total. The van der Waals surface area contributed by atoms with Crippen LogP contribution in [0.2, 0.25) is 0 Å². The van der Waals surface area contributed by atoms with Gasteiger partial charge in [0.1, 0.15) is 12.2 Å². The fourth-order valence-corrected chi connectivity index (χ4v) is 0.219. The van der Waals surface area contributed by atoms with E-state index in [1.165, 1.54) is 0 Å². The van der Waals surface area contributed by atoms with Gasteiger partial charge in [0.25, 0.3) is 0 Å². The minimum atomic E-state index is -1.24. The van der Waals surface area contributed by atoms with E-state index >= 15 is 0 Å². The third-order valence-corrected chi connectivity index (χ3v) is 0.752. The molecule has 0 aliphatic carbocycles. The molecule has 0 bridgehead atoms. The van der Waals surface area contributed by atoms with Crippen LogP contribution >= 0.6 is 0 Å². The van der Waals surface area contributed by atoms with Gasteiger partial charge in [0.05, 0.1) is 6.61 Å². The van der Waals surface area contributed by atoms with E-state index in [4.69, 9.17) is 20.7 Å². The normalized spacial score (nSPS) is 14.5. The van der Waals surface area contributed by atoms with Gasteiger partial charge >= 0.3 is 0 Å². The second kappa shape index (κ2) is 8.55. The number of aliphatic hydroxyl groups is 3. The molecule has 0 rings (SSSR count). The molecule has 62 valence electrons. The quantitative estimate of drug-likeness (QED) is 0.403. The van der Waals surface area contributed by atoms with Gasteiger partial charge in [-0.05, 0) is 0 Å². The Morgan fingerprint density at radius 2 is 1.80 bits per heavy atom. The molecule has 0 heterocycles. The fraction of sp³-hybridized carbons (Fsp3) is 0.833. The van der Waals surface area contributed by atoms with Crippen LogP contribution in [0.1, 0.15) is 13.8 Å². The van der Waals surface area contributed by atoms with E-state index in [0.29, 0.717) is 6.21 Å². The molecule has 2 unspecified atom stereocenters. The van der Waals surface area contributed by atoms with Crippen molar-refractivity contribution in [1.82, 2.24) is 0 Å². The summed E-state index contributed by atoms with van der Waals surface area (Å²) in [5.41, 5.74) is 0. The number of rotatable bonds is 3. The largest absolute Gasteiger partial charge is 0.394 e. The van der Waals surface area contributed by atoms with Crippen molar-refractivity contribution in [1.29, 1.82) is 5.41 Å². The average molecular weight is 149 g/mol. The van der Waals surface area contributed by atoms with Crippen LogP contribution in [-0.4, -0.2) is 40.3 Å². The highest BCUT2D eigenvalue weighted by Gasteiger charge is 2.10. The molecule has 0 spiro atoms. The van der Waals surface area contributed by atoms with E-state index in [-0.39, 0.29) is 0 Å². The first-order valence-corrected chi connectivity index (χ1v) is 3.20. The topological polar surface area (TPSA) is 84.5 Å². The summed E-state index contributed by atoms with van der Waals surface area (Å²) < 4.78 is 0. The Balaban J connectivity index is 0. The van der Waals surface area contributed by atoms with Gasteiger partial charge in [-0.15, -0.1) is 0 Å². The third-order valence-electron chi connectivity index (χ3n) is 0.752. The van der Waals surface area contributed by atoms with Crippen LogP contribution in [0.3, 0.4) is 0 Å². The summed E-state index contributed by atoms with van der Waals surface area (Å²) in [7, 11) is 0. The molecule has 0 aromatic rings. The molecule has 0 saturated heterocycles. The van der Waals surface area contributed by atoms with Crippen molar-refractivity contribution in [2.24, 2.45) is 0 Å². The van der Waals surface area contributed by atoms with Crippen LogP contribution in [0.15, 0.2) is 0 Å². The second-order valence-electron chi connectivity index (χ2n) is 1.41. The van der Waals surface area contributed by atoms with Crippen LogP contribution in [0.4, 0.5) is 0 Å². The van der Waals surface area contributed by atoms with Crippen molar-refractivity contribution >= 4 is 6.21 Å². The minimum Gasteiger partial charge on any atom is -0.394 e. The fourth-order valence-electron chi connectivity index (χ4n) is 0.219. The third kappa shape index (κ3) is 5.68. The number of hydrogen-bond acceptors (Lipinski definition) is 4. The van der Waals surface area contributed by atoms with Crippen LogP contribution in [-0.2, 0) is 0 Å². The Morgan fingerprint density at radius 3 is 1.90 bits per heavy atom. The molecule has 0 radical (unpaired) electrons. The minimum absolute atomic E-state index is 0.517. The molecule has 0 aliphatic heterocycles. The smallest absolute Gasteiger partial charge is 0.116 e. The van der Waals surface area contributed by atoms with E-state index in [0.717, 1.165) is 0 Å². The van der Waals surface area contributed by atoms with Gasteiger partial charge < -0.3 is 20.7 Å². The highest BCUT2D eigenvalue weighted by atomic mass is 16.4. The summed E-state index contributed by atoms with van der Waals surface area (Å²) in [6.45, 7) is 3.48. The van der Waals surface area contributed by atoms with Crippen molar-refractivity contribution in [2.75, 3.05) is 6.61 Å². The van der Waals surface area contributed by atoms with E-state index < -0.39 is 18.8 Å². The summed E-state index contributed by atoms with van der Waals surface area (Å²) in [6, 6.07) is 0. The van der Waals surface area contributed by atoms with Crippen molar-refractivity contribution in [3.63, 3.8) is 0 Å². The van der Waals surface area contributed by atoms with Crippen molar-refractivity contribution in [2.45, 2.75) is 26.1 Å². The lowest BCUT2D eigenvalue weighted by molar-refractivity contribution is 0.0202. The highest BCUT2D eigenvalue weighted by molar-refractivity contribution is 5.59. The van der Waals surface area contributed by atoms with Gasteiger partial charge in [-0.25, -0.2) is 0 Å². The lowest BCUT2D eigenvalue weighted by Crippen LogP contribution is -2.29. The summed E-state index contributed by atoms with van der Waals surface area (Å²) in [4.78, 5) is 0. The van der Waals surface area contributed by atoms with E-state index in [2.05, 4.69) is 0 Å². The predicted octanol–water partition coefficient (Wildman–Crippen LogP) is -0.624. The first-order valence-electron chi connectivity index (χ1n) is 3.20. The molecule has 0 saturated carbocycles. The summed E-state index contributed by atoms with van der Waals surface area (Å²) in [5, 5.41) is 31.5. The first kappa shape index (κ1) is 12.2. The zero-order valence-corrected chi connectivity index (χ0v) is 6.28. The zero-order valence-electron chi connectivity index (χ0n) is 6.28. The van der Waals surface area contributed by atoms with Crippen LogP contribution in [0, 0.1) is 5.41 Å². The van der Waals surface area contributed by atoms with Gasteiger partial charge in [-0.2, -0.15) is 0 Å². The zero-order chi connectivity index (χ0) is 8.57. The molecule has 0 amide bonds. The van der Waals surface area contributed by atoms with Gasteiger partial charge in [0.2, 0.25) is 0 Å². The van der Waals surface area contributed by atoms with E-state index in [1.54, 1.807) is 0 Å². The molecule has 10 heavy (non-hydrogen) atoms. The van der Waals surface area contributed by atoms with Crippen molar-refractivity contribution in [3.8, 4) is 0 Å². The maximum atomic E-state index is 8.48. The van der Waals surface area contributed by atoms with Gasteiger partial charge in [-0.3, -0.25) is 0 Å². The van der Waals surface area contributed by atoms with Crippen LogP contribution in [0.5, 0.6) is 0 Å². The maximum Gasteiger partial charge on any atom is 0.116 e. The predicted molar refractivity (Wildman–Crippen MR) is 39.2 cm³/mol. The molecule has 0 fully saturated rings. The SMILES string of the molecule is CC.N=CC(O)C(O)CO. The Bertz CT molecular complexity index is 77.4. The summed E-state index contributed by atoms with van der Waals surface area (Å²) in [6.07, 6.45) is -1.78. The Morgan fingerprint density at radius 1 is 1.40 bits per heavy atom. The molecule has 2 atom stereocenters. The van der Waals surface area contributed by atoms with Crippen LogP contribution in [0.25, 0.3) is 0 Å². The van der Waals surface area contributed by atoms with Crippen LogP contribution < -0.4 is 0 Å².